The SMILES string of the molecule is C/C=C\C(=C/N=O)C(=O)Nc1nc2cc(C(F)(F)F)cc(NC(C)C)n2n1. The number of allylic oxidation sites excluding steroid dienone is 1. The lowest BCUT2D eigenvalue weighted by Gasteiger charge is -2.14. The summed E-state index contributed by atoms with van der Waals surface area (Å²) < 4.78 is 40.5. The molecule has 11 heteroatoms. The van der Waals surface area contributed by atoms with Crippen molar-refractivity contribution in [2.75, 3.05) is 10.6 Å². The molecule has 0 fully saturated rings. The van der Waals surface area contributed by atoms with Crippen LogP contribution in [0.4, 0.5) is 24.9 Å². The van der Waals surface area contributed by atoms with Crippen LogP contribution in [0.15, 0.2) is 41.2 Å². The van der Waals surface area contributed by atoms with Gasteiger partial charge in [-0.25, -0.2) is 0 Å². The monoisotopic (exact) mass is 382 g/mol. The van der Waals surface area contributed by atoms with Gasteiger partial charge in [-0.1, -0.05) is 12.2 Å². The minimum atomic E-state index is -4.57. The Balaban J connectivity index is 2.47. The second-order valence-corrected chi connectivity index (χ2v) is 5.78. The number of nitrogens with one attached hydrogen (secondary N) is 2. The van der Waals surface area contributed by atoms with Gasteiger partial charge in [0.2, 0.25) is 5.95 Å². The van der Waals surface area contributed by atoms with Crippen LogP contribution in [0, 0.1) is 4.91 Å². The number of pyridine rings is 1. The fourth-order valence-electron chi connectivity index (χ4n) is 2.19. The predicted molar refractivity (Wildman–Crippen MR) is 94.1 cm³/mol. The molecule has 2 aromatic heterocycles. The van der Waals surface area contributed by atoms with Gasteiger partial charge in [0, 0.05) is 6.04 Å². The fraction of sp³-hybridized carbons (Fsp3) is 0.312. The van der Waals surface area contributed by atoms with Crippen LogP contribution in [-0.2, 0) is 11.0 Å². The van der Waals surface area contributed by atoms with Crippen molar-refractivity contribution in [2.24, 2.45) is 5.18 Å². The Labute approximate surface area is 152 Å². The standard InChI is InChI=1S/C16H17F3N6O2/c1-4-5-10(8-20-27)14(26)23-15-22-13-7-11(16(17,18)19)6-12(21-9(2)3)25(13)24-15/h4-9,21H,1-3H3,(H,23,24,26)/b5-4-,10-8+. The van der Waals surface area contributed by atoms with E-state index >= 15 is 0 Å². The summed E-state index contributed by atoms with van der Waals surface area (Å²) in [6, 6.07) is 1.57. The first kappa shape index (κ1) is 20.1. The molecule has 0 aliphatic heterocycles. The van der Waals surface area contributed by atoms with E-state index in [1.165, 1.54) is 12.2 Å². The Kier molecular flexibility index (Phi) is 5.93. The summed E-state index contributed by atoms with van der Waals surface area (Å²) in [5, 5.41) is 11.7. The largest absolute Gasteiger partial charge is 0.416 e. The van der Waals surface area contributed by atoms with E-state index in [1.54, 1.807) is 20.8 Å². The van der Waals surface area contributed by atoms with Gasteiger partial charge >= 0.3 is 6.18 Å². The third-order valence-corrected chi connectivity index (χ3v) is 3.23. The van der Waals surface area contributed by atoms with Crippen LogP contribution in [0.3, 0.4) is 0 Å². The van der Waals surface area contributed by atoms with Crippen molar-refractivity contribution in [3.63, 3.8) is 0 Å². The molecule has 1 amide bonds. The van der Waals surface area contributed by atoms with Gasteiger partial charge in [0.25, 0.3) is 5.91 Å². The van der Waals surface area contributed by atoms with Crippen molar-refractivity contribution in [2.45, 2.75) is 33.0 Å². The number of hydrogen-bond donors (Lipinski definition) is 2. The number of rotatable bonds is 6. The molecule has 0 spiro atoms. The van der Waals surface area contributed by atoms with Crippen molar-refractivity contribution >= 4 is 23.3 Å². The summed E-state index contributed by atoms with van der Waals surface area (Å²) in [5.41, 5.74) is -1.06. The number of halogens is 3. The molecule has 2 rings (SSSR count). The van der Waals surface area contributed by atoms with E-state index in [9.17, 15) is 22.9 Å². The number of fused-ring (bicyclic) bond motifs is 1. The second kappa shape index (κ2) is 7.98. The normalized spacial score (nSPS) is 12.8. The molecule has 0 saturated heterocycles. The lowest BCUT2D eigenvalue weighted by Crippen LogP contribution is -2.16. The summed E-state index contributed by atoms with van der Waals surface area (Å²) >= 11 is 0. The third-order valence-electron chi connectivity index (χ3n) is 3.23. The topological polar surface area (TPSA) is 101 Å². The van der Waals surface area contributed by atoms with E-state index in [2.05, 4.69) is 25.9 Å². The molecule has 0 aliphatic carbocycles. The van der Waals surface area contributed by atoms with E-state index in [0.29, 0.717) is 0 Å². The number of aromatic nitrogens is 3. The van der Waals surface area contributed by atoms with Crippen LogP contribution in [0.1, 0.15) is 26.3 Å². The number of carbonyl (C=O) groups is 1. The van der Waals surface area contributed by atoms with Gasteiger partial charge in [0.1, 0.15) is 5.82 Å². The van der Waals surface area contributed by atoms with Crippen LogP contribution in [-0.4, -0.2) is 26.5 Å². The lowest BCUT2D eigenvalue weighted by molar-refractivity contribution is -0.137. The molecule has 8 nitrogen and oxygen atoms in total. The quantitative estimate of drug-likeness (QED) is 0.450. The van der Waals surface area contributed by atoms with Gasteiger partial charge in [0.05, 0.1) is 17.3 Å². The number of amides is 1. The maximum absolute atomic E-state index is 13.1. The highest BCUT2D eigenvalue weighted by Gasteiger charge is 2.32. The molecule has 0 radical (unpaired) electrons. The molecule has 2 aromatic rings. The number of alkyl halides is 3. The maximum Gasteiger partial charge on any atom is 0.416 e. The second-order valence-electron chi connectivity index (χ2n) is 5.78. The molecule has 0 saturated carbocycles. The molecule has 144 valence electrons. The van der Waals surface area contributed by atoms with Crippen LogP contribution in [0.2, 0.25) is 0 Å². The van der Waals surface area contributed by atoms with Crippen molar-refractivity contribution in [3.8, 4) is 0 Å². The Morgan fingerprint density at radius 2 is 2.04 bits per heavy atom. The highest BCUT2D eigenvalue weighted by molar-refractivity contribution is 6.04. The van der Waals surface area contributed by atoms with E-state index in [-0.39, 0.29) is 29.0 Å². The molecule has 27 heavy (non-hydrogen) atoms. The Hall–Kier alpha value is -3.24. The first-order chi connectivity index (χ1) is 12.7. The van der Waals surface area contributed by atoms with Gasteiger partial charge in [-0.05, 0) is 38.1 Å². The molecule has 0 unspecified atom stereocenters. The van der Waals surface area contributed by atoms with Crippen molar-refractivity contribution in [1.82, 2.24) is 14.6 Å². The molecular weight excluding hydrogens is 365 g/mol. The van der Waals surface area contributed by atoms with Crippen LogP contribution < -0.4 is 10.6 Å². The first-order valence-corrected chi connectivity index (χ1v) is 7.87. The average molecular weight is 382 g/mol. The van der Waals surface area contributed by atoms with Crippen LogP contribution in [0.5, 0.6) is 0 Å². The molecule has 0 aliphatic rings. The van der Waals surface area contributed by atoms with E-state index < -0.39 is 17.6 Å². The zero-order valence-corrected chi connectivity index (χ0v) is 14.7. The molecular formula is C16H17F3N6O2. The van der Waals surface area contributed by atoms with Gasteiger partial charge in [-0.15, -0.1) is 10.0 Å². The first-order valence-electron chi connectivity index (χ1n) is 7.87. The van der Waals surface area contributed by atoms with E-state index in [1.807, 2.05) is 0 Å². The van der Waals surface area contributed by atoms with E-state index in [0.717, 1.165) is 22.8 Å². The minimum absolute atomic E-state index is 0.0529. The highest BCUT2D eigenvalue weighted by atomic mass is 19.4. The Bertz CT molecular complexity index is 915. The zero-order valence-electron chi connectivity index (χ0n) is 14.7. The number of nitrogens with zero attached hydrogens (tertiary/aromatic N) is 4. The summed E-state index contributed by atoms with van der Waals surface area (Å²) in [4.78, 5) is 26.4. The van der Waals surface area contributed by atoms with Crippen LogP contribution >= 0.6 is 0 Å². The summed E-state index contributed by atoms with van der Waals surface area (Å²) in [7, 11) is 0. The number of carbonyl (C=O) groups excluding carboxylic acids is 1. The van der Waals surface area contributed by atoms with Gasteiger partial charge in [-0.2, -0.15) is 22.7 Å². The van der Waals surface area contributed by atoms with Crippen molar-refractivity contribution in [1.29, 1.82) is 0 Å². The average Bonchev–Trinajstić information content (AvgIpc) is 2.96. The predicted octanol–water partition coefficient (Wildman–Crippen LogP) is 3.73. The van der Waals surface area contributed by atoms with E-state index in [4.69, 9.17) is 0 Å². The van der Waals surface area contributed by atoms with Crippen molar-refractivity contribution < 1.29 is 18.0 Å². The fourth-order valence-corrected chi connectivity index (χ4v) is 2.19. The minimum Gasteiger partial charge on any atom is -0.368 e. The molecule has 2 heterocycles. The zero-order chi connectivity index (χ0) is 20.2. The van der Waals surface area contributed by atoms with Crippen LogP contribution in [0.25, 0.3) is 5.65 Å². The van der Waals surface area contributed by atoms with Crippen molar-refractivity contribution in [3.05, 3.63) is 46.5 Å². The molecule has 0 bridgehead atoms. The Morgan fingerprint density at radius 1 is 1.33 bits per heavy atom. The maximum atomic E-state index is 13.1. The summed E-state index contributed by atoms with van der Waals surface area (Å²) in [6.45, 7) is 5.15. The van der Waals surface area contributed by atoms with Gasteiger partial charge < -0.3 is 5.32 Å². The molecule has 0 atom stereocenters. The number of anilines is 2. The number of hydrogen-bond acceptors (Lipinski definition) is 6. The summed E-state index contributed by atoms with van der Waals surface area (Å²) in [5.74, 6) is -0.868. The van der Waals surface area contributed by atoms with Gasteiger partial charge in [-0.3, -0.25) is 10.1 Å². The molecule has 2 N–H and O–H groups in total. The third kappa shape index (κ3) is 4.90. The Morgan fingerprint density at radius 3 is 2.59 bits per heavy atom. The smallest absolute Gasteiger partial charge is 0.368 e. The lowest BCUT2D eigenvalue weighted by atomic mass is 10.2. The van der Waals surface area contributed by atoms with Gasteiger partial charge in [0.15, 0.2) is 5.65 Å². The number of nitroso groups, excluding NO2 is 1. The highest BCUT2D eigenvalue weighted by Crippen LogP contribution is 2.32. The molecule has 0 aromatic carbocycles. The summed E-state index contributed by atoms with van der Waals surface area (Å²) in [6.07, 6.45) is -0.894.